The van der Waals surface area contributed by atoms with Crippen LogP contribution < -0.4 is 0 Å². The minimum absolute atomic E-state index is 0.464. The lowest BCUT2D eigenvalue weighted by molar-refractivity contribution is 0.307. The second-order valence-corrected chi connectivity index (χ2v) is 6.35. The van der Waals surface area contributed by atoms with E-state index in [0.29, 0.717) is 17.6 Å². The molecule has 114 valence electrons. The van der Waals surface area contributed by atoms with Crippen LogP contribution in [0.5, 0.6) is 5.75 Å². The van der Waals surface area contributed by atoms with Gasteiger partial charge >= 0.3 is 0 Å². The maximum atomic E-state index is 10.1. The number of nitrogens with zero attached hydrogens (tertiary/aromatic N) is 1. The second kappa shape index (κ2) is 9.02. The van der Waals surface area contributed by atoms with Crippen LogP contribution in [0.3, 0.4) is 0 Å². The van der Waals surface area contributed by atoms with Crippen LogP contribution in [0, 0.1) is 5.92 Å². The highest BCUT2D eigenvalue weighted by molar-refractivity contribution is 5.34. The molecule has 1 aromatic rings. The largest absolute Gasteiger partial charge is 0.508 e. The van der Waals surface area contributed by atoms with Crippen LogP contribution in [0.1, 0.15) is 57.4 Å². The molecule has 2 unspecified atom stereocenters. The van der Waals surface area contributed by atoms with E-state index in [2.05, 4.69) is 38.9 Å². The van der Waals surface area contributed by atoms with Crippen molar-refractivity contribution in [1.29, 1.82) is 0 Å². The van der Waals surface area contributed by atoms with Crippen LogP contribution in [0.4, 0.5) is 0 Å². The lowest BCUT2D eigenvalue weighted by Gasteiger charge is -2.24. The molecule has 0 aromatic heterocycles. The maximum absolute atomic E-state index is 10.1. The van der Waals surface area contributed by atoms with Gasteiger partial charge in [-0.05, 0) is 50.4 Å². The van der Waals surface area contributed by atoms with Crippen molar-refractivity contribution in [3.8, 4) is 5.75 Å². The van der Waals surface area contributed by atoms with E-state index in [4.69, 9.17) is 0 Å². The first-order valence-corrected chi connectivity index (χ1v) is 7.97. The number of rotatable bonds is 9. The zero-order chi connectivity index (χ0) is 15.0. The van der Waals surface area contributed by atoms with Gasteiger partial charge in [0.15, 0.2) is 0 Å². The summed E-state index contributed by atoms with van der Waals surface area (Å²) in [7, 11) is 4.26. The summed E-state index contributed by atoms with van der Waals surface area (Å²) in [4.78, 5) is 2.25. The molecule has 2 atom stereocenters. The number of hydrogen-bond donors (Lipinski definition) is 1. The fraction of sp³-hybridized carbons (Fsp3) is 0.667. The topological polar surface area (TPSA) is 23.5 Å². The highest BCUT2D eigenvalue weighted by atomic mass is 16.3. The molecule has 0 fully saturated rings. The van der Waals surface area contributed by atoms with E-state index in [9.17, 15) is 5.11 Å². The van der Waals surface area contributed by atoms with E-state index >= 15 is 0 Å². The fourth-order valence-corrected chi connectivity index (χ4v) is 3.06. The van der Waals surface area contributed by atoms with Crippen molar-refractivity contribution in [3.05, 3.63) is 29.8 Å². The summed E-state index contributed by atoms with van der Waals surface area (Å²) in [5.74, 6) is 1.60. The van der Waals surface area contributed by atoms with E-state index in [1.807, 2.05) is 18.2 Å². The Labute approximate surface area is 124 Å². The Morgan fingerprint density at radius 3 is 2.45 bits per heavy atom. The molecule has 0 aliphatic carbocycles. The van der Waals surface area contributed by atoms with E-state index in [1.54, 1.807) is 0 Å². The number of hydrogen-bond acceptors (Lipinski definition) is 2. The van der Waals surface area contributed by atoms with Gasteiger partial charge in [-0.25, -0.2) is 0 Å². The first-order chi connectivity index (χ1) is 9.54. The Kier molecular flexibility index (Phi) is 7.68. The van der Waals surface area contributed by atoms with Crippen molar-refractivity contribution in [2.45, 2.75) is 51.9 Å². The Hall–Kier alpha value is -1.02. The molecule has 0 aliphatic heterocycles. The maximum Gasteiger partial charge on any atom is 0.119 e. The number of unbranched alkanes of at least 4 members (excludes halogenated alkanes) is 2. The predicted molar refractivity (Wildman–Crippen MR) is 87.3 cm³/mol. The molecule has 2 heteroatoms. The van der Waals surface area contributed by atoms with Crippen molar-refractivity contribution in [2.75, 3.05) is 20.6 Å². The number of aromatic hydroxyl groups is 1. The molecule has 0 saturated carbocycles. The van der Waals surface area contributed by atoms with E-state index < -0.39 is 0 Å². The van der Waals surface area contributed by atoms with Gasteiger partial charge in [0.05, 0.1) is 0 Å². The highest BCUT2D eigenvalue weighted by Gasteiger charge is 2.18. The number of benzene rings is 1. The monoisotopic (exact) mass is 277 g/mol. The smallest absolute Gasteiger partial charge is 0.119 e. The minimum Gasteiger partial charge on any atom is -0.508 e. The van der Waals surface area contributed by atoms with Crippen LogP contribution in [-0.2, 0) is 0 Å². The van der Waals surface area contributed by atoms with E-state index in [1.165, 1.54) is 25.7 Å². The molecule has 0 aliphatic rings. The molecule has 0 radical (unpaired) electrons. The average molecular weight is 277 g/mol. The molecular weight excluding hydrogens is 246 g/mol. The van der Waals surface area contributed by atoms with Gasteiger partial charge in [0, 0.05) is 6.54 Å². The molecular formula is C18H31NO. The molecule has 20 heavy (non-hydrogen) atoms. The molecule has 0 heterocycles. The molecule has 1 N–H and O–H groups in total. The van der Waals surface area contributed by atoms with Crippen LogP contribution in [0.15, 0.2) is 24.3 Å². The lowest BCUT2D eigenvalue weighted by Crippen LogP contribution is -2.21. The van der Waals surface area contributed by atoms with Gasteiger partial charge in [-0.1, -0.05) is 51.3 Å². The second-order valence-electron chi connectivity index (χ2n) is 6.35. The van der Waals surface area contributed by atoms with Crippen molar-refractivity contribution < 1.29 is 5.11 Å². The minimum atomic E-state index is 0.464. The summed E-state index contributed by atoms with van der Waals surface area (Å²) >= 11 is 0. The molecule has 0 amide bonds. The summed E-state index contributed by atoms with van der Waals surface area (Å²) < 4.78 is 0. The third kappa shape index (κ3) is 5.96. The van der Waals surface area contributed by atoms with Crippen molar-refractivity contribution in [2.24, 2.45) is 5.92 Å². The summed E-state index contributed by atoms with van der Waals surface area (Å²) in [5, 5.41) is 10.1. The predicted octanol–water partition coefficient (Wildman–Crippen LogP) is 4.64. The Bertz CT molecular complexity index is 375. The van der Waals surface area contributed by atoms with Crippen LogP contribution in [-0.4, -0.2) is 30.6 Å². The van der Waals surface area contributed by atoms with Crippen LogP contribution >= 0.6 is 0 Å². The lowest BCUT2D eigenvalue weighted by atomic mass is 9.85. The third-order valence-corrected chi connectivity index (χ3v) is 3.90. The summed E-state index contributed by atoms with van der Waals surface area (Å²) in [6, 6.07) is 7.86. The third-order valence-electron chi connectivity index (χ3n) is 3.90. The summed E-state index contributed by atoms with van der Waals surface area (Å²) in [6.45, 7) is 5.66. The summed E-state index contributed by atoms with van der Waals surface area (Å²) in [6.07, 6.45) is 6.12. The van der Waals surface area contributed by atoms with E-state index in [0.717, 1.165) is 18.5 Å². The molecule has 0 spiro atoms. The fourth-order valence-electron chi connectivity index (χ4n) is 3.06. The average Bonchev–Trinajstić information content (AvgIpc) is 2.37. The molecule has 1 rings (SSSR count). The molecule has 0 saturated heterocycles. The van der Waals surface area contributed by atoms with Gasteiger partial charge < -0.3 is 10.0 Å². The quantitative estimate of drug-likeness (QED) is 0.664. The van der Waals surface area contributed by atoms with Crippen LogP contribution in [0.2, 0.25) is 0 Å². The van der Waals surface area contributed by atoms with Crippen molar-refractivity contribution in [3.63, 3.8) is 0 Å². The van der Waals surface area contributed by atoms with Gasteiger partial charge in [-0.15, -0.1) is 0 Å². The first kappa shape index (κ1) is 17.0. The molecule has 0 bridgehead atoms. The Morgan fingerprint density at radius 2 is 1.85 bits per heavy atom. The Morgan fingerprint density at radius 1 is 1.15 bits per heavy atom. The van der Waals surface area contributed by atoms with Gasteiger partial charge in [0.25, 0.3) is 0 Å². The number of phenols is 1. The Balaban J connectivity index is 2.72. The van der Waals surface area contributed by atoms with Crippen LogP contribution in [0.25, 0.3) is 0 Å². The molecule has 1 aromatic carbocycles. The first-order valence-electron chi connectivity index (χ1n) is 7.97. The van der Waals surface area contributed by atoms with Gasteiger partial charge in [-0.2, -0.15) is 0 Å². The number of phenolic OH excluding ortho intramolecular Hbond substituents is 1. The zero-order valence-corrected chi connectivity index (χ0v) is 13.6. The SMILES string of the molecule is CCCCCC(CC(C)CN(C)C)c1ccccc1O. The summed E-state index contributed by atoms with van der Waals surface area (Å²) in [5.41, 5.74) is 1.13. The van der Waals surface area contributed by atoms with Crippen molar-refractivity contribution in [1.82, 2.24) is 4.90 Å². The van der Waals surface area contributed by atoms with Crippen molar-refractivity contribution >= 4 is 0 Å². The standard InChI is InChI=1S/C18H31NO/c1-5-6-7-10-16(13-15(2)14-19(3)4)17-11-8-9-12-18(17)20/h8-9,11-12,15-16,20H,5-7,10,13-14H2,1-4H3. The van der Waals surface area contributed by atoms with Gasteiger partial charge in [0.1, 0.15) is 5.75 Å². The van der Waals surface area contributed by atoms with E-state index in [-0.39, 0.29) is 0 Å². The zero-order valence-electron chi connectivity index (χ0n) is 13.6. The normalized spacial score (nSPS) is 14.4. The van der Waals surface area contributed by atoms with Gasteiger partial charge in [0.2, 0.25) is 0 Å². The number of para-hydroxylation sites is 1. The van der Waals surface area contributed by atoms with Gasteiger partial charge in [-0.3, -0.25) is 0 Å². The molecule has 2 nitrogen and oxygen atoms in total. The highest BCUT2D eigenvalue weighted by Crippen LogP contribution is 2.34.